The minimum Gasteiger partial charge on any atom is -0.466 e. The number of ether oxygens (including phenoxy) is 2. The zero-order valence-corrected chi connectivity index (χ0v) is 21.0. The van der Waals surface area contributed by atoms with Gasteiger partial charge in [0.15, 0.2) is 10.8 Å². The van der Waals surface area contributed by atoms with Gasteiger partial charge in [0.25, 0.3) is 0 Å². The first-order valence-electron chi connectivity index (χ1n) is 10.8. The number of aromatic nitrogens is 1. The lowest BCUT2D eigenvalue weighted by atomic mass is 9.82. The van der Waals surface area contributed by atoms with E-state index in [-0.39, 0.29) is 18.5 Å². The van der Waals surface area contributed by atoms with Crippen molar-refractivity contribution in [2.24, 2.45) is 10.9 Å². The van der Waals surface area contributed by atoms with Crippen molar-refractivity contribution < 1.29 is 23.5 Å². The molecule has 0 saturated heterocycles. The highest BCUT2D eigenvalue weighted by Gasteiger charge is 2.37. The standard InChI is InChI=1S/C24H23BrFN3O4S/c1-3-33-24(31)18-19(13-4-6-14(7-5-13)23(30)32-2)28-21(22-27-10-11-34-22)29-20(18)16-9-8-15(26)12-17(16)25/h6,8-13,20H,3-5,7H2,1-2H3,(H,28,29)/t13-,20?/m0/s1. The Kier molecular flexibility index (Phi) is 7.57. The number of carbonyl (C=O) groups is 2. The van der Waals surface area contributed by atoms with Gasteiger partial charge in [-0.2, -0.15) is 0 Å². The van der Waals surface area contributed by atoms with Gasteiger partial charge in [-0.25, -0.2) is 19.0 Å². The number of nitrogens with one attached hydrogen (secondary N) is 1. The minimum absolute atomic E-state index is 0.0833. The maximum atomic E-state index is 13.9. The predicted molar refractivity (Wildman–Crippen MR) is 130 cm³/mol. The van der Waals surface area contributed by atoms with E-state index in [2.05, 4.69) is 26.2 Å². The number of aliphatic imine (C=N–C) groups is 1. The number of methoxy groups -OCH3 is 1. The van der Waals surface area contributed by atoms with Gasteiger partial charge in [0.2, 0.25) is 0 Å². The quantitative estimate of drug-likeness (QED) is 0.520. The molecule has 1 unspecified atom stereocenters. The molecule has 2 atom stereocenters. The number of allylic oxidation sites excluding steroid dienone is 2. The number of esters is 2. The van der Waals surface area contributed by atoms with Crippen molar-refractivity contribution in [2.45, 2.75) is 32.2 Å². The van der Waals surface area contributed by atoms with Gasteiger partial charge in [-0.1, -0.05) is 28.1 Å². The predicted octanol–water partition coefficient (Wildman–Crippen LogP) is 4.85. The Bertz CT molecular complexity index is 1190. The Hall–Kier alpha value is -2.85. The van der Waals surface area contributed by atoms with Crippen LogP contribution in [0.3, 0.4) is 0 Å². The Morgan fingerprint density at radius 3 is 2.76 bits per heavy atom. The van der Waals surface area contributed by atoms with Crippen molar-refractivity contribution >= 4 is 45.0 Å². The summed E-state index contributed by atoms with van der Waals surface area (Å²) in [5.74, 6) is -0.783. The van der Waals surface area contributed by atoms with Gasteiger partial charge in [-0.05, 0) is 43.9 Å². The van der Waals surface area contributed by atoms with E-state index >= 15 is 0 Å². The summed E-state index contributed by atoms with van der Waals surface area (Å²) in [5.41, 5.74) is 2.31. The van der Waals surface area contributed by atoms with Gasteiger partial charge in [0.1, 0.15) is 11.9 Å². The van der Waals surface area contributed by atoms with Crippen molar-refractivity contribution in [1.29, 1.82) is 0 Å². The normalized spacial score (nSPS) is 20.2. The molecular weight excluding hydrogens is 525 g/mol. The molecule has 2 aromatic rings. The largest absolute Gasteiger partial charge is 0.466 e. The Morgan fingerprint density at radius 2 is 2.15 bits per heavy atom. The van der Waals surface area contributed by atoms with Gasteiger partial charge in [0.05, 0.1) is 19.3 Å². The maximum Gasteiger partial charge on any atom is 0.338 e. The van der Waals surface area contributed by atoms with Crippen molar-refractivity contribution in [3.05, 3.63) is 73.6 Å². The number of amidine groups is 1. The van der Waals surface area contributed by atoms with Crippen molar-refractivity contribution in [3.8, 4) is 0 Å². The summed E-state index contributed by atoms with van der Waals surface area (Å²) in [7, 11) is 1.36. The number of benzene rings is 1. The van der Waals surface area contributed by atoms with Crippen LogP contribution in [0.15, 0.2) is 62.2 Å². The lowest BCUT2D eigenvalue weighted by Gasteiger charge is -2.32. The minimum atomic E-state index is -0.727. The van der Waals surface area contributed by atoms with E-state index in [1.807, 2.05) is 11.5 Å². The number of rotatable bonds is 6. The molecule has 4 rings (SSSR count). The average molecular weight is 548 g/mol. The van der Waals surface area contributed by atoms with Crippen LogP contribution in [0.1, 0.15) is 42.8 Å². The zero-order valence-electron chi connectivity index (χ0n) is 18.6. The lowest BCUT2D eigenvalue weighted by Crippen LogP contribution is -2.37. The summed E-state index contributed by atoms with van der Waals surface area (Å²) in [4.78, 5) is 34.4. The fraction of sp³-hybridized carbons (Fsp3) is 0.333. The molecule has 0 amide bonds. The van der Waals surface area contributed by atoms with Gasteiger partial charge < -0.3 is 14.8 Å². The molecule has 1 aromatic heterocycles. The molecule has 178 valence electrons. The van der Waals surface area contributed by atoms with Crippen molar-refractivity contribution in [2.75, 3.05) is 13.7 Å². The molecular formula is C24H23BrFN3O4S. The molecule has 1 N–H and O–H groups in total. The van der Waals surface area contributed by atoms with Gasteiger partial charge in [-0.15, -0.1) is 11.3 Å². The van der Waals surface area contributed by atoms with E-state index in [9.17, 15) is 14.0 Å². The molecule has 10 heteroatoms. The maximum absolute atomic E-state index is 13.9. The van der Waals surface area contributed by atoms with Crippen LogP contribution in [-0.4, -0.2) is 36.5 Å². The number of nitrogens with zero attached hydrogens (tertiary/aromatic N) is 2. The molecule has 0 fully saturated rings. The van der Waals surface area contributed by atoms with Gasteiger partial charge in [0, 0.05) is 33.2 Å². The first-order valence-corrected chi connectivity index (χ1v) is 12.5. The number of halogens is 2. The third-order valence-corrected chi connectivity index (χ3v) is 7.20. The molecule has 2 heterocycles. The molecule has 1 aliphatic heterocycles. The molecule has 34 heavy (non-hydrogen) atoms. The van der Waals surface area contributed by atoms with E-state index in [0.717, 1.165) is 0 Å². The second-order valence-corrected chi connectivity index (χ2v) is 9.50. The highest BCUT2D eigenvalue weighted by atomic mass is 79.9. The second-order valence-electron chi connectivity index (χ2n) is 7.75. The fourth-order valence-corrected chi connectivity index (χ4v) is 5.29. The van der Waals surface area contributed by atoms with E-state index in [4.69, 9.17) is 14.5 Å². The number of hydrogen-bond donors (Lipinski definition) is 1. The Morgan fingerprint density at radius 1 is 1.32 bits per heavy atom. The van der Waals surface area contributed by atoms with Crippen LogP contribution in [0.4, 0.5) is 4.39 Å². The monoisotopic (exact) mass is 547 g/mol. The molecule has 0 spiro atoms. The molecule has 2 aliphatic rings. The second kappa shape index (κ2) is 10.6. The van der Waals surface area contributed by atoms with Crippen molar-refractivity contribution in [3.63, 3.8) is 0 Å². The topological polar surface area (TPSA) is 89.9 Å². The van der Waals surface area contributed by atoms with E-state index in [1.165, 1.54) is 30.6 Å². The molecule has 0 saturated carbocycles. The van der Waals surface area contributed by atoms with Gasteiger partial charge >= 0.3 is 11.9 Å². The SMILES string of the molecule is CCOC(=O)C1=C([C@H]2CC=C(C(=O)OC)CC2)NC(c2nccs2)=NC1c1ccc(F)cc1Br. The summed E-state index contributed by atoms with van der Waals surface area (Å²) in [6.07, 6.45) is 5.23. The zero-order chi connectivity index (χ0) is 24.2. The molecule has 7 nitrogen and oxygen atoms in total. The van der Waals surface area contributed by atoms with Crippen LogP contribution in [-0.2, 0) is 19.1 Å². The number of thiazole rings is 1. The van der Waals surface area contributed by atoms with Crippen LogP contribution < -0.4 is 5.32 Å². The molecule has 0 bridgehead atoms. The third-order valence-electron chi connectivity index (χ3n) is 5.73. The van der Waals surface area contributed by atoms with Crippen molar-refractivity contribution in [1.82, 2.24) is 10.3 Å². The summed E-state index contributed by atoms with van der Waals surface area (Å²) in [6.45, 7) is 1.94. The molecule has 1 aliphatic carbocycles. The Balaban J connectivity index is 1.84. The summed E-state index contributed by atoms with van der Waals surface area (Å²) in [5, 5.41) is 5.86. The third kappa shape index (κ3) is 4.97. The van der Waals surface area contributed by atoms with Crippen LogP contribution in [0.25, 0.3) is 0 Å². The van der Waals surface area contributed by atoms with Crippen LogP contribution >= 0.6 is 27.3 Å². The van der Waals surface area contributed by atoms with E-state index in [1.54, 1.807) is 19.2 Å². The highest BCUT2D eigenvalue weighted by Crippen LogP contribution is 2.41. The van der Waals surface area contributed by atoms with E-state index in [0.29, 0.717) is 57.0 Å². The summed E-state index contributed by atoms with van der Waals surface area (Å²) < 4.78 is 24.6. The first kappa shape index (κ1) is 24.3. The Labute approximate surface area is 208 Å². The molecule has 0 radical (unpaired) electrons. The highest BCUT2D eigenvalue weighted by molar-refractivity contribution is 9.10. The summed E-state index contributed by atoms with van der Waals surface area (Å²) in [6, 6.07) is 3.58. The number of hydrogen-bond acceptors (Lipinski definition) is 8. The molecule has 1 aromatic carbocycles. The summed E-state index contributed by atoms with van der Waals surface area (Å²) >= 11 is 4.86. The number of carbonyl (C=O) groups excluding carboxylic acids is 2. The van der Waals surface area contributed by atoms with Crippen LogP contribution in [0.2, 0.25) is 0 Å². The first-order chi connectivity index (χ1) is 16.4. The fourth-order valence-electron chi connectivity index (χ4n) is 4.13. The lowest BCUT2D eigenvalue weighted by molar-refractivity contribution is -0.139. The smallest absolute Gasteiger partial charge is 0.338 e. The average Bonchev–Trinajstić information content (AvgIpc) is 3.38. The van der Waals surface area contributed by atoms with Crippen LogP contribution in [0.5, 0.6) is 0 Å². The van der Waals surface area contributed by atoms with Crippen LogP contribution in [0, 0.1) is 11.7 Å². The van der Waals surface area contributed by atoms with Gasteiger partial charge in [-0.3, -0.25) is 4.99 Å². The van der Waals surface area contributed by atoms with E-state index < -0.39 is 17.8 Å².